The number of ether oxygens (including phenoxy) is 2. The molecule has 0 saturated carbocycles. The van der Waals surface area contributed by atoms with E-state index in [-0.39, 0.29) is 5.76 Å². The molecule has 0 atom stereocenters. The molecule has 0 unspecified atom stereocenters. The smallest absolute Gasteiger partial charge is 0.374 e. The van der Waals surface area contributed by atoms with Crippen LogP contribution >= 0.6 is 0 Å². The first-order chi connectivity index (χ1) is 9.61. The first-order valence-corrected chi connectivity index (χ1v) is 6.59. The first-order valence-electron chi connectivity index (χ1n) is 6.59. The fourth-order valence-electron chi connectivity index (χ4n) is 1.79. The Morgan fingerprint density at radius 1 is 1.35 bits per heavy atom. The Kier molecular flexibility index (Phi) is 4.63. The van der Waals surface area contributed by atoms with Gasteiger partial charge in [-0.05, 0) is 33.2 Å². The van der Waals surface area contributed by atoms with E-state index >= 15 is 0 Å². The van der Waals surface area contributed by atoms with Crippen LogP contribution in [0.15, 0.2) is 28.7 Å². The number of fused-ring (bicyclic) bond motifs is 1. The van der Waals surface area contributed by atoms with E-state index in [1.54, 1.807) is 13.0 Å². The average Bonchev–Trinajstić information content (AvgIpc) is 2.83. The summed E-state index contributed by atoms with van der Waals surface area (Å²) in [7, 11) is 3.96. The summed E-state index contributed by atoms with van der Waals surface area (Å²) in [5.41, 5.74) is 0.578. The lowest BCUT2D eigenvalue weighted by atomic mass is 10.2. The molecule has 2 rings (SSSR count). The number of hydrogen-bond donors (Lipinski definition) is 0. The zero-order valence-corrected chi connectivity index (χ0v) is 12.0. The molecule has 1 heterocycles. The molecule has 2 aromatic rings. The Morgan fingerprint density at radius 3 is 2.85 bits per heavy atom. The van der Waals surface area contributed by atoms with Gasteiger partial charge < -0.3 is 18.8 Å². The van der Waals surface area contributed by atoms with Crippen LogP contribution in [0.3, 0.4) is 0 Å². The minimum atomic E-state index is -0.456. The van der Waals surface area contributed by atoms with Crippen molar-refractivity contribution in [2.45, 2.75) is 6.92 Å². The highest BCUT2D eigenvalue weighted by Crippen LogP contribution is 2.29. The van der Waals surface area contributed by atoms with E-state index in [0.29, 0.717) is 24.5 Å². The highest BCUT2D eigenvalue weighted by atomic mass is 16.5. The molecule has 0 N–H and O–H groups in total. The minimum Gasteiger partial charge on any atom is -0.488 e. The van der Waals surface area contributed by atoms with E-state index in [1.807, 2.05) is 37.2 Å². The zero-order valence-electron chi connectivity index (χ0n) is 12.0. The van der Waals surface area contributed by atoms with Crippen molar-refractivity contribution in [1.82, 2.24) is 4.90 Å². The van der Waals surface area contributed by atoms with Crippen LogP contribution in [0.1, 0.15) is 17.5 Å². The molecule has 0 saturated heterocycles. The highest BCUT2D eigenvalue weighted by Gasteiger charge is 2.15. The summed E-state index contributed by atoms with van der Waals surface area (Å²) in [5.74, 6) is 0.383. The van der Waals surface area contributed by atoms with E-state index in [2.05, 4.69) is 0 Å². The molecule has 20 heavy (non-hydrogen) atoms. The Labute approximate surface area is 118 Å². The van der Waals surface area contributed by atoms with Gasteiger partial charge in [-0.2, -0.15) is 0 Å². The number of rotatable bonds is 6. The molecule has 0 aliphatic heterocycles. The van der Waals surface area contributed by atoms with Crippen molar-refractivity contribution in [3.8, 4) is 5.75 Å². The van der Waals surface area contributed by atoms with Crippen LogP contribution in [-0.2, 0) is 4.74 Å². The molecule has 0 fully saturated rings. The van der Waals surface area contributed by atoms with Crippen LogP contribution in [0.5, 0.6) is 5.75 Å². The number of para-hydroxylation sites is 1. The third-order valence-corrected chi connectivity index (χ3v) is 2.78. The van der Waals surface area contributed by atoms with Crippen molar-refractivity contribution in [1.29, 1.82) is 0 Å². The van der Waals surface area contributed by atoms with Gasteiger partial charge in [-0.3, -0.25) is 0 Å². The summed E-state index contributed by atoms with van der Waals surface area (Å²) >= 11 is 0. The third kappa shape index (κ3) is 3.30. The molecule has 0 bridgehead atoms. The van der Waals surface area contributed by atoms with Gasteiger partial charge in [-0.25, -0.2) is 4.79 Å². The van der Waals surface area contributed by atoms with Gasteiger partial charge in [0.15, 0.2) is 11.3 Å². The quantitative estimate of drug-likeness (QED) is 0.759. The van der Waals surface area contributed by atoms with Crippen molar-refractivity contribution < 1.29 is 18.7 Å². The Balaban J connectivity index is 2.21. The molecule has 5 nitrogen and oxygen atoms in total. The maximum atomic E-state index is 11.7. The molecule has 0 aliphatic carbocycles. The molecule has 108 valence electrons. The summed E-state index contributed by atoms with van der Waals surface area (Å²) in [5, 5.41) is 0.829. The number of hydrogen-bond acceptors (Lipinski definition) is 5. The van der Waals surface area contributed by atoms with E-state index in [9.17, 15) is 4.79 Å². The highest BCUT2D eigenvalue weighted by molar-refractivity contribution is 5.94. The van der Waals surface area contributed by atoms with Gasteiger partial charge in [-0.1, -0.05) is 12.1 Å². The fraction of sp³-hybridized carbons (Fsp3) is 0.400. The summed E-state index contributed by atoms with van der Waals surface area (Å²) in [6.45, 7) is 3.45. The molecule has 1 aromatic carbocycles. The number of nitrogens with zero attached hydrogens (tertiary/aromatic N) is 1. The standard InChI is InChI=1S/C15H19NO4/c1-4-18-15(17)13-10-11-6-5-7-12(14(11)20-13)19-9-8-16(2)3/h5-7,10H,4,8-9H2,1-3H3. The molecule has 0 spiro atoms. The van der Waals surface area contributed by atoms with Crippen molar-refractivity contribution in [2.24, 2.45) is 0 Å². The summed E-state index contributed by atoms with van der Waals surface area (Å²) < 4.78 is 16.2. The number of esters is 1. The predicted octanol–water partition coefficient (Wildman–Crippen LogP) is 2.55. The van der Waals surface area contributed by atoms with Gasteiger partial charge in [0.2, 0.25) is 5.76 Å². The Morgan fingerprint density at radius 2 is 2.15 bits per heavy atom. The van der Waals surface area contributed by atoms with Gasteiger partial charge in [-0.15, -0.1) is 0 Å². The normalized spacial score (nSPS) is 11.0. The second-order valence-corrected chi connectivity index (χ2v) is 4.66. The largest absolute Gasteiger partial charge is 0.488 e. The topological polar surface area (TPSA) is 51.9 Å². The van der Waals surface area contributed by atoms with Crippen LogP contribution in [0, 0.1) is 0 Å². The summed E-state index contributed by atoms with van der Waals surface area (Å²) in [6.07, 6.45) is 0. The first kappa shape index (κ1) is 14.4. The van der Waals surface area contributed by atoms with Gasteiger partial charge in [0.1, 0.15) is 6.61 Å². The average molecular weight is 277 g/mol. The second kappa shape index (κ2) is 6.43. The van der Waals surface area contributed by atoms with E-state index in [1.165, 1.54) is 0 Å². The molecular formula is C15H19NO4. The predicted molar refractivity (Wildman–Crippen MR) is 76.2 cm³/mol. The van der Waals surface area contributed by atoms with Crippen molar-refractivity contribution >= 4 is 16.9 Å². The number of benzene rings is 1. The zero-order chi connectivity index (χ0) is 14.5. The molecule has 0 radical (unpaired) electrons. The Bertz CT molecular complexity index is 589. The van der Waals surface area contributed by atoms with Crippen LogP contribution < -0.4 is 4.74 Å². The molecule has 0 amide bonds. The molecule has 1 aromatic heterocycles. The van der Waals surface area contributed by atoms with Crippen LogP contribution in [-0.4, -0.2) is 44.7 Å². The van der Waals surface area contributed by atoms with Gasteiger partial charge >= 0.3 is 5.97 Å². The third-order valence-electron chi connectivity index (χ3n) is 2.78. The molecular weight excluding hydrogens is 258 g/mol. The molecule has 0 aliphatic rings. The fourth-order valence-corrected chi connectivity index (χ4v) is 1.79. The van der Waals surface area contributed by atoms with Crippen molar-refractivity contribution in [3.63, 3.8) is 0 Å². The lowest BCUT2D eigenvalue weighted by Gasteiger charge is -2.10. The summed E-state index contributed by atoms with van der Waals surface area (Å²) in [4.78, 5) is 13.7. The van der Waals surface area contributed by atoms with Gasteiger partial charge in [0.25, 0.3) is 0 Å². The number of furan rings is 1. The number of likely N-dealkylation sites (N-methyl/N-ethyl adjacent to an activating group) is 1. The second-order valence-electron chi connectivity index (χ2n) is 4.66. The maximum absolute atomic E-state index is 11.7. The Hall–Kier alpha value is -2.01. The van der Waals surface area contributed by atoms with Crippen LogP contribution in [0.4, 0.5) is 0 Å². The lowest BCUT2D eigenvalue weighted by Crippen LogP contribution is -2.19. The van der Waals surface area contributed by atoms with E-state index < -0.39 is 5.97 Å². The maximum Gasteiger partial charge on any atom is 0.374 e. The number of carbonyl (C=O) groups is 1. The summed E-state index contributed by atoms with van der Waals surface area (Å²) in [6, 6.07) is 7.25. The van der Waals surface area contributed by atoms with Gasteiger partial charge in [0.05, 0.1) is 6.61 Å². The van der Waals surface area contributed by atoms with E-state index in [4.69, 9.17) is 13.9 Å². The number of carbonyl (C=O) groups excluding carboxylic acids is 1. The van der Waals surface area contributed by atoms with E-state index in [0.717, 1.165) is 11.9 Å². The van der Waals surface area contributed by atoms with Crippen LogP contribution in [0.25, 0.3) is 11.0 Å². The van der Waals surface area contributed by atoms with Crippen LogP contribution in [0.2, 0.25) is 0 Å². The monoisotopic (exact) mass is 277 g/mol. The van der Waals surface area contributed by atoms with Gasteiger partial charge in [0, 0.05) is 11.9 Å². The minimum absolute atomic E-state index is 0.200. The van der Waals surface area contributed by atoms with Crippen molar-refractivity contribution in [3.05, 3.63) is 30.0 Å². The van der Waals surface area contributed by atoms with Crippen molar-refractivity contribution in [2.75, 3.05) is 33.9 Å². The SMILES string of the molecule is CCOC(=O)c1cc2cccc(OCCN(C)C)c2o1. The lowest BCUT2D eigenvalue weighted by molar-refractivity contribution is 0.0492. The molecule has 5 heteroatoms.